The van der Waals surface area contributed by atoms with Gasteiger partial charge in [0, 0.05) is 6.54 Å². The minimum atomic E-state index is -1.29. The van der Waals surface area contributed by atoms with Gasteiger partial charge < -0.3 is 20.8 Å². The van der Waals surface area contributed by atoms with Gasteiger partial charge in [-0.1, -0.05) is 24.3 Å². The standard InChI is InChI=1S/C14H18N2O4/c1-8(17)12(14(19)20)16-13(18)11-6-9-4-2-3-5-10(9)7-15-11/h2-5,8,11-12,15,17H,6-7H2,1H3,(H,16,18)(H,19,20)/t8-,11+,12+/m1/s1. The lowest BCUT2D eigenvalue weighted by atomic mass is 9.95. The van der Waals surface area contributed by atoms with Crippen molar-refractivity contribution in [1.29, 1.82) is 0 Å². The molecule has 2 rings (SSSR count). The number of aliphatic carboxylic acids is 1. The maximum absolute atomic E-state index is 12.1. The Bertz CT molecular complexity index is 516. The molecule has 1 amide bonds. The van der Waals surface area contributed by atoms with Gasteiger partial charge in [0.15, 0.2) is 6.04 Å². The Balaban J connectivity index is 2.03. The topological polar surface area (TPSA) is 98.7 Å². The van der Waals surface area contributed by atoms with Crippen LogP contribution < -0.4 is 10.6 Å². The van der Waals surface area contributed by atoms with Gasteiger partial charge in [-0.05, 0) is 24.5 Å². The molecule has 0 fully saturated rings. The number of rotatable bonds is 4. The van der Waals surface area contributed by atoms with Gasteiger partial charge in [0.2, 0.25) is 5.91 Å². The molecular weight excluding hydrogens is 260 g/mol. The Hall–Kier alpha value is -1.92. The molecule has 4 N–H and O–H groups in total. The summed E-state index contributed by atoms with van der Waals surface area (Å²) >= 11 is 0. The van der Waals surface area contributed by atoms with E-state index in [9.17, 15) is 14.7 Å². The number of aliphatic hydroxyl groups excluding tert-OH is 1. The van der Waals surface area contributed by atoms with E-state index in [0.29, 0.717) is 13.0 Å². The smallest absolute Gasteiger partial charge is 0.328 e. The summed E-state index contributed by atoms with van der Waals surface area (Å²) in [6.07, 6.45) is -0.638. The van der Waals surface area contributed by atoms with Crippen molar-refractivity contribution in [3.8, 4) is 0 Å². The van der Waals surface area contributed by atoms with E-state index in [-0.39, 0.29) is 0 Å². The first-order chi connectivity index (χ1) is 9.49. The molecule has 0 aliphatic carbocycles. The van der Waals surface area contributed by atoms with E-state index < -0.39 is 30.1 Å². The Morgan fingerprint density at radius 3 is 2.60 bits per heavy atom. The molecule has 0 unspecified atom stereocenters. The molecule has 3 atom stereocenters. The fourth-order valence-electron chi connectivity index (χ4n) is 2.28. The highest BCUT2D eigenvalue weighted by Gasteiger charge is 2.30. The average Bonchev–Trinajstić information content (AvgIpc) is 2.43. The van der Waals surface area contributed by atoms with Crippen LogP contribution >= 0.6 is 0 Å². The van der Waals surface area contributed by atoms with Crippen molar-refractivity contribution in [2.24, 2.45) is 0 Å². The zero-order chi connectivity index (χ0) is 14.7. The number of carbonyl (C=O) groups excluding carboxylic acids is 1. The summed E-state index contributed by atoms with van der Waals surface area (Å²) in [6, 6.07) is 6.03. The van der Waals surface area contributed by atoms with Gasteiger partial charge >= 0.3 is 5.97 Å². The largest absolute Gasteiger partial charge is 0.480 e. The minimum Gasteiger partial charge on any atom is -0.480 e. The number of carboxylic acid groups (broad SMARTS) is 1. The molecule has 6 heteroatoms. The van der Waals surface area contributed by atoms with Crippen LogP contribution in [0.1, 0.15) is 18.1 Å². The summed E-state index contributed by atoms with van der Waals surface area (Å²) in [7, 11) is 0. The SMILES string of the molecule is C[C@@H](O)[C@H](NC(=O)[C@@H]1Cc2ccccc2CN1)C(=O)O. The molecule has 20 heavy (non-hydrogen) atoms. The molecule has 108 valence electrons. The first-order valence-electron chi connectivity index (χ1n) is 6.50. The van der Waals surface area contributed by atoms with Gasteiger partial charge in [-0.3, -0.25) is 4.79 Å². The molecule has 1 aromatic carbocycles. The predicted octanol–water partition coefficient (Wildman–Crippen LogP) is -0.349. The summed E-state index contributed by atoms with van der Waals surface area (Å²) in [6.45, 7) is 1.91. The summed E-state index contributed by atoms with van der Waals surface area (Å²) in [5.41, 5.74) is 2.22. The molecule has 6 nitrogen and oxygen atoms in total. The van der Waals surface area contributed by atoms with Crippen LogP contribution in [0.3, 0.4) is 0 Å². The molecule has 1 heterocycles. The number of nitrogens with one attached hydrogen (secondary N) is 2. The maximum atomic E-state index is 12.1. The fourth-order valence-corrected chi connectivity index (χ4v) is 2.28. The number of fused-ring (bicyclic) bond motifs is 1. The first-order valence-corrected chi connectivity index (χ1v) is 6.50. The van der Waals surface area contributed by atoms with Crippen molar-refractivity contribution < 1.29 is 19.8 Å². The molecule has 1 aliphatic rings. The van der Waals surface area contributed by atoms with Crippen LogP contribution in [0.4, 0.5) is 0 Å². The number of carboxylic acids is 1. The zero-order valence-corrected chi connectivity index (χ0v) is 11.2. The van der Waals surface area contributed by atoms with Crippen LogP contribution in [0.2, 0.25) is 0 Å². The van der Waals surface area contributed by atoms with Crippen LogP contribution in [-0.4, -0.2) is 40.3 Å². The second kappa shape index (κ2) is 6.02. The number of aliphatic hydroxyl groups is 1. The van der Waals surface area contributed by atoms with Gasteiger partial charge in [-0.25, -0.2) is 4.79 Å². The molecule has 1 aliphatic heterocycles. The Morgan fingerprint density at radius 1 is 1.35 bits per heavy atom. The van der Waals surface area contributed by atoms with Crippen LogP contribution in [0.25, 0.3) is 0 Å². The summed E-state index contributed by atoms with van der Waals surface area (Å²) in [5, 5.41) is 23.8. The molecule has 1 aromatic rings. The van der Waals surface area contributed by atoms with E-state index in [4.69, 9.17) is 5.11 Å². The van der Waals surface area contributed by atoms with Gasteiger partial charge in [0.25, 0.3) is 0 Å². The second-order valence-electron chi connectivity index (χ2n) is 4.97. The van der Waals surface area contributed by atoms with Crippen molar-refractivity contribution in [2.75, 3.05) is 0 Å². The quantitative estimate of drug-likeness (QED) is 0.603. The highest BCUT2D eigenvalue weighted by atomic mass is 16.4. The van der Waals surface area contributed by atoms with Crippen LogP contribution in [-0.2, 0) is 22.6 Å². The molecular formula is C14H18N2O4. The zero-order valence-electron chi connectivity index (χ0n) is 11.2. The van der Waals surface area contributed by atoms with E-state index in [1.165, 1.54) is 6.92 Å². The lowest BCUT2D eigenvalue weighted by Gasteiger charge is -2.27. The summed E-state index contributed by atoms with van der Waals surface area (Å²) in [4.78, 5) is 23.0. The lowest BCUT2D eigenvalue weighted by Crippen LogP contribution is -2.55. The molecule has 0 radical (unpaired) electrons. The monoisotopic (exact) mass is 278 g/mol. The number of amides is 1. The summed E-state index contributed by atoms with van der Waals surface area (Å²) < 4.78 is 0. The molecule has 0 spiro atoms. The summed E-state index contributed by atoms with van der Waals surface area (Å²) in [5.74, 6) is -1.66. The molecule has 0 saturated carbocycles. The van der Waals surface area contributed by atoms with E-state index in [2.05, 4.69) is 10.6 Å². The van der Waals surface area contributed by atoms with Crippen molar-refractivity contribution in [1.82, 2.24) is 10.6 Å². The van der Waals surface area contributed by atoms with E-state index in [1.54, 1.807) is 0 Å². The van der Waals surface area contributed by atoms with Crippen molar-refractivity contribution in [2.45, 2.75) is 38.1 Å². The highest BCUT2D eigenvalue weighted by Crippen LogP contribution is 2.16. The molecule has 0 aromatic heterocycles. The van der Waals surface area contributed by atoms with Crippen LogP contribution in [0.15, 0.2) is 24.3 Å². The Morgan fingerprint density at radius 2 is 2.00 bits per heavy atom. The molecule has 0 bridgehead atoms. The van der Waals surface area contributed by atoms with Crippen LogP contribution in [0.5, 0.6) is 0 Å². The first kappa shape index (κ1) is 14.5. The van der Waals surface area contributed by atoms with Crippen LogP contribution in [0, 0.1) is 0 Å². The van der Waals surface area contributed by atoms with Gasteiger partial charge in [0.05, 0.1) is 12.1 Å². The number of benzene rings is 1. The predicted molar refractivity (Wildman–Crippen MR) is 72.0 cm³/mol. The van der Waals surface area contributed by atoms with Crippen molar-refractivity contribution in [3.05, 3.63) is 35.4 Å². The third-order valence-electron chi connectivity index (χ3n) is 3.44. The number of hydrogen-bond acceptors (Lipinski definition) is 4. The maximum Gasteiger partial charge on any atom is 0.328 e. The second-order valence-corrected chi connectivity index (χ2v) is 4.97. The van der Waals surface area contributed by atoms with E-state index in [0.717, 1.165) is 11.1 Å². The number of carbonyl (C=O) groups is 2. The van der Waals surface area contributed by atoms with E-state index >= 15 is 0 Å². The van der Waals surface area contributed by atoms with Crippen molar-refractivity contribution >= 4 is 11.9 Å². The Kier molecular flexibility index (Phi) is 4.36. The lowest BCUT2D eigenvalue weighted by molar-refractivity contribution is -0.145. The van der Waals surface area contributed by atoms with Gasteiger partial charge in [-0.15, -0.1) is 0 Å². The average molecular weight is 278 g/mol. The van der Waals surface area contributed by atoms with Gasteiger partial charge in [-0.2, -0.15) is 0 Å². The Labute approximate surface area is 116 Å². The highest BCUT2D eigenvalue weighted by molar-refractivity contribution is 5.87. The third-order valence-corrected chi connectivity index (χ3v) is 3.44. The normalized spacial score (nSPS) is 20.6. The van der Waals surface area contributed by atoms with Gasteiger partial charge in [0.1, 0.15) is 0 Å². The van der Waals surface area contributed by atoms with E-state index in [1.807, 2.05) is 24.3 Å². The minimum absolute atomic E-state index is 0.409. The fraction of sp³-hybridized carbons (Fsp3) is 0.429. The number of hydrogen-bond donors (Lipinski definition) is 4. The third kappa shape index (κ3) is 3.15. The van der Waals surface area contributed by atoms with Crippen molar-refractivity contribution in [3.63, 3.8) is 0 Å². The molecule has 0 saturated heterocycles.